The summed E-state index contributed by atoms with van der Waals surface area (Å²) in [7, 11) is 0. The van der Waals surface area contributed by atoms with E-state index in [2.05, 4.69) is 65.7 Å². The van der Waals surface area contributed by atoms with Gasteiger partial charge in [-0.2, -0.15) is 0 Å². The number of amides is 1. The van der Waals surface area contributed by atoms with Crippen LogP contribution in [0, 0.1) is 6.92 Å². The fraction of sp³-hybridized carbons (Fsp3) is 0.409. The van der Waals surface area contributed by atoms with Crippen LogP contribution >= 0.6 is 11.8 Å². The van der Waals surface area contributed by atoms with Gasteiger partial charge in [0, 0.05) is 31.1 Å². The molecule has 2 aromatic rings. The molecule has 0 unspecified atom stereocenters. The summed E-state index contributed by atoms with van der Waals surface area (Å²) in [4.78, 5) is 16.0. The van der Waals surface area contributed by atoms with Gasteiger partial charge in [-0.15, -0.1) is 11.8 Å². The molecule has 1 aliphatic heterocycles. The molecule has 1 heterocycles. The van der Waals surface area contributed by atoms with Crippen molar-refractivity contribution in [2.24, 2.45) is 0 Å². The minimum Gasteiger partial charge on any atom is -0.379 e. The molecule has 1 fully saturated rings. The molecule has 5 heteroatoms. The highest BCUT2D eigenvalue weighted by Crippen LogP contribution is 2.23. The van der Waals surface area contributed by atoms with Crippen LogP contribution in [0.4, 0.5) is 0 Å². The van der Waals surface area contributed by atoms with Crippen LogP contribution in [0.25, 0.3) is 0 Å². The fourth-order valence-corrected chi connectivity index (χ4v) is 3.95. The summed E-state index contributed by atoms with van der Waals surface area (Å²) in [6.45, 7) is 9.11. The van der Waals surface area contributed by atoms with E-state index in [0.29, 0.717) is 6.54 Å². The van der Waals surface area contributed by atoms with Crippen LogP contribution in [-0.4, -0.2) is 42.4 Å². The summed E-state index contributed by atoms with van der Waals surface area (Å²) < 4.78 is 5.41. The molecular weight excluding hydrogens is 356 g/mol. The van der Waals surface area contributed by atoms with Crippen molar-refractivity contribution in [1.29, 1.82) is 0 Å². The molecule has 1 atom stereocenters. The van der Waals surface area contributed by atoms with Crippen molar-refractivity contribution in [3.63, 3.8) is 0 Å². The predicted molar refractivity (Wildman–Crippen MR) is 111 cm³/mol. The van der Waals surface area contributed by atoms with E-state index >= 15 is 0 Å². The number of hydrogen-bond acceptors (Lipinski definition) is 4. The first-order valence-electron chi connectivity index (χ1n) is 9.49. The Morgan fingerprint density at radius 2 is 1.85 bits per heavy atom. The van der Waals surface area contributed by atoms with E-state index < -0.39 is 0 Å². The molecule has 1 amide bonds. The molecule has 27 heavy (non-hydrogen) atoms. The maximum atomic E-state index is 12.4. The Labute approximate surface area is 166 Å². The maximum Gasteiger partial charge on any atom is 0.233 e. The average molecular weight is 385 g/mol. The predicted octanol–water partition coefficient (Wildman–Crippen LogP) is 3.62. The van der Waals surface area contributed by atoms with Crippen LogP contribution in [0.3, 0.4) is 0 Å². The first kappa shape index (κ1) is 19.9. The van der Waals surface area contributed by atoms with Crippen LogP contribution in [0.1, 0.15) is 23.6 Å². The van der Waals surface area contributed by atoms with Gasteiger partial charge in [-0.1, -0.05) is 42.0 Å². The Kier molecular flexibility index (Phi) is 7.33. The Bertz CT molecular complexity index is 742. The molecule has 0 saturated carbocycles. The highest BCUT2D eigenvalue weighted by atomic mass is 32.2. The molecule has 1 N–H and O–H groups in total. The summed E-state index contributed by atoms with van der Waals surface area (Å²) in [5, 5.41) is 2.95. The third-order valence-corrected chi connectivity index (χ3v) is 5.78. The third-order valence-electron chi connectivity index (χ3n) is 4.67. The monoisotopic (exact) mass is 384 g/mol. The van der Waals surface area contributed by atoms with E-state index in [1.54, 1.807) is 11.8 Å². The lowest BCUT2D eigenvalue weighted by molar-refractivity contribution is -0.120. The highest BCUT2D eigenvalue weighted by Gasteiger charge is 2.14. The van der Waals surface area contributed by atoms with Gasteiger partial charge in [0.2, 0.25) is 5.91 Å². The van der Waals surface area contributed by atoms with Crippen LogP contribution in [0.15, 0.2) is 53.4 Å². The summed E-state index contributed by atoms with van der Waals surface area (Å²) in [5.41, 5.74) is 3.65. The molecule has 4 nitrogen and oxygen atoms in total. The number of carbonyl (C=O) groups excluding carboxylic acids is 1. The Morgan fingerprint density at radius 3 is 2.59 bits per heavy atom. The van der Waals surface area contributed by atoms with Crippen molar-refractivity contribution >= 4 is 17.7 Å². The van der Waals surface area contributed by atoms with Gasteiger partial charge in [0.25, 0.3) is 0 Å². The molecule has 1 aliphatic rings. The van der Waals surface area contributed by atoms with Gasteiger partial charge in [-0.25, -0.2) is 0 Å². The largest absolute Gasteiger partial charge is 0.379 e. The smallest absolute Gasteiger partial charge is 0.233 e. The standard InChI is InChI=1S/C22H28N2O2S/c1-17-6-8-21(9-7-17)27-18(2)22(25)23-15-19-4-3-5-20(14-19)16-24-10-12-26-13-11-24/h3-9,14,18H,10-13,15-16H2,1-2H3,(H,23,25)/t18-/m1/s1. The zero-order valence-electron chi connectivity index (χ0n) is 16.1. The van der Waals surface area contributed by atoms with Crippen molar-refractivity contribution in [2.45, 2.75) is 37.1 Å². The number of benzene rings is 2. The number of rotatable bonds is 7. The van der Waals surface area contributed by atoms with Crippen molar-refractivity contribution in [3.8, 4) is 0 Å². The van der Waals surface area contributed by atoms with E-state index in [9.17, 15) is 4.79 Å². The molecule has 1 saturated heterocycles. The van der Waals surface area contributed by atoms with Gasteiger partial charge in [-0.05, 0) is 37.1 Å². The quantitative estimate of drug-likeness (QED) is 0.741. The number of aryl methyl sites for hydroxylation is 1. The lowest BCUT2D eigenvalue weighted by Crippen LogP contribution is -2.35. The van der Waals surface area contributed by atoms with Gasteiger partial charge in [-0.3, -0.25) is 9.69 Å². The van der Waals surface area contributed by atoms with Gasteiger partial charge >= 0.3 is 0 Å². The second kappa shape index (κ2) is 9.93. The second-order valence-electron chi connectivity index (χ2n) is 7.00. The summed E-state index contributed by atoms with van der Waals surface area (Å²) >= 11 is 1.59. The molecule has 0 aromatic heterocycles. The summed E-state index contributed by atoms with van der Waals surface area (Å²) in [6, 6.07) is 16.8. The Hall–Kier alpha value is -1.82. The third kappa shape index (κ3) is 6.38. The number of ether oxygens (including phenoxy) is 1. The number of nitrogens with one attached hydrogen (secondary N) is 1. The SMILES string of the molecule is Cc1ccc(S[C@H](C)C(=O)NCc2cccc(CN3CCOCC3)c2)cc1. The highest BCUT2D eigenvalue weighted by molar-refractivity contribution is 8.00. The molecule has 0 aliphatic carbocycles. The molecule has 0 spiro atoms. The van der Waals surface area contributed by atoms with Crippen molar-refractivity contribution in [1.82, 2.24) is 10.2 Å². The Balaban J connectivity index is 1.49. The summed E-state index contributed by atoms with van der Waals surface area (Å²) in [6.07, 6.45) is 0. The van der Waals surface area contributed by atoms with Crippen molar-refractivity contribution in [3.05, 3.63) is 65.2 Å². The number of morpholine rings is 1. The molecule has 144 valence electrons. The Morgan fingerprint density at radius 1 is 1.15 bits per heavy atom. The van der Waals surface area contributed by atoms with E-state index in [-0.39, 0.29) is 11.2 Å². The minimum absolute atomic E-state index is 0.0687. The first-order valence-corrected chi connectivity index (χ1v) is 10.4. The van der Waals surface area contributed by atoms with Crippen molar-refractivity contribution < 1.29 is 9.53 Å². The van der Waals surface area contributed by atoms with Crippen LogP contribution in [0.2, 0.25) is 0 Å². The maximum absolute atomic E-state index is 12.4. The molecule has 3 rings (SSSR count). The van der Waals surface area contributed by atoms with Gasteiger partial charge < -0.3 is 10.1 Å². The lowest BCUT2D eigenvalue weighted by atomic mass is 10.1. The van der Waals surface area contributed by atoms with Gasteiger partial charge in [0.1, 0.15) is 0 Å². The summed E-state index contributed by atoms with van der Waals surface area (Å²) in [5.74, 6) is 0.0687. The topological polar surface area (TPSA) is 41.6 Å². The van der Waals surface area contributed by atoms with Crippen LogP contribution in [0.5, 0.6) is 0 Å². The molecular formula is C22H28N2O2S. The number of hydrogen-bond donors (Lipinski definition) is 1. The molecule has 0 bridgehead atoms. The average Bonchev–Trinajstić information content (AvgIpc) is 2.69. The van der Waals surface area contributed by atoms with Gasteiger partial charge in [0.05, 0.1) is 18.5 Å². The number of thioether (sulfide) groups is 1. The zero-order chi connectivity index (χ0) is 19.1. The van der Waals surface area contributed by atoms with Crippen LogP contribution < -0.4 is 5.32 Å². The van der Waals surface area contributed by atoms with Crippen LogP contribution in [-0.2, 0) is 22.6 Å². The van der Waals surface area contributed by atoms with E-state index in [1.807, 2.05) is 6.92 Å². The van der Waals surface area contributed by atoms with E-state index in [4.69, 9.17) is 4.74 Å². The lowest BCUT2D eigenvalue weighted by Gasteiger charge is -2.26. The molecule has 0 radical (unpaired) electrons. The first-order chi connectivity index (χ1) is 13.1. The number of nitrogens with zero attached hydrogens (tertiary/aromatic N) is 1. The normalized spacial score (nSPS) is 16.1. The van der Waals surface area contributed by atoms with Crippen molar-refractivity contribution in [2.75, 3.05) is 26.3 Å². The minimum atomic E-state index is -0.121. The second-order valence-corrected chi connectivity index (χ2v) is 8.41. The molecule has 2 aromatic carbocycles. The fourth-order valence-electron chi connectivity index (χ4n) is 3.06. The number of carbonyl (C=O) groups is 1. The van der Waals surface area contributed by atoms with Gasteiger partial charge in [0.15, 0.2) is 0 Å². The van der Waals surface area contributed by atoms with E-state index in [1.165, 1.54) is 11.1 Å². The van der Waals surface area contributed by atoms with E-state index in [0.717, 1.165) is 43.3 Å². The zero-order valence-corrected chi connectivity index (χ0v) is 16.9.